The Morgan fingerprint density at radius 2 is 1.94 bits per heavy atom. The molecule has 0 radical (unpaired) electrons. The van der Waals surface area contributed by atoms with Crippen molar-refractivity contribution in [2.24, 2.45) is 5.10 Å². The first-order valence-corrected chi connectivity index (χ1v) is 11.1. The van der Waals surface area contributed by atoms with Gasteiger partial charge < -0.3 is 4.42 Å². The molecule has 10 heteroatoms. The van der Waals surface area contributed by atoms with Crippen LogP contribution in [0.25, 0.3) is 0 Å². The van der Waals surface area contributed by atoms with E-state index in [1.54, 1.807) is 12.1 Å². The van der Waals surface area contributed by atoms with E-state index in [1.807, 2.05) is 17.5 Å². The number of carbonyl (C=O) groups is 4. The zero-order valence-corrected chi connectivity index (χ0v) is 17.4. The van der Waals surface area contributed by atoms with Gasteiger partial charge in [-0.3, -0.25) is 19.3 Å². The highest BCUT2D eigenvalue weighted by atomic mass is 32.1. The van der Waals surface area contributed by atoms with E-state index in [0.717, 1.165) is 27.5 Å². The van der Waals surface area contributed by atoms with Gasteiger partial charge in [-0.2, -0.15) is 5.10 Å². The van der Waals surface area contributed by atoms with Gasteiger partial charge in [-0.05, 0) is 36.4 Å². The number of urea groups is 1. The van der Waals surface area contributed by atoms with Crippen LogP contribution in [0.3, 0.4) is 0 Å². The minimum absolute atomic E-state index is 0.265. The van der Waals surface area contributed by atoms with Crippen LogP contribution >= 0.6 is 11.3 Å². The molecule has 4 heterocycles. The molecule has 31 heavy (non-hydrogen) atoms. The molecule has 0 N–H and O–H groups in total. The number of hydrazone groups is 1. The van der Waals surface area contributed by atoms with E-state index in [2.05, 4.69) is 5.10 Å². The SMILES string of the molecule is O=C1C(=O)N(C2CCCC2)C(=O)N1CC(=O)N1N=C(c2ccco2)CC1c1cccs1. The molecule has 1 aliphatic carbocycles. The van der Waals surface area contributed by atoms with Crippen molar-refractivity contribution in [3.05, 3.63) is 46.5 Å². The number of rotatable bonds is 5. The number of hydrogen-bond acceptors (Lipinski definition) is 7. The zero-order valence-electron chi connectivity index (χ0n) is 16.6. The summed E-state index contributed by atoms with van der Waals surface area (Å²) < 4.78 is 5.43. The molecule has 9 nitrogen and oxygen atoms in total. The quantitative estimate of drug-likeness (QED) is 0.525. The lowest BCUT2D eigenvalue weighted by molar-refractivity contribution is -0.145. The largest absolute Gasteiger partial charge is 0.463 e. The predicted molar refractivity (Wildman–Crippen MR) is 110 cm³/mol. The van der Waals surface area contributed by atoms with Crippen molar-refractivity contribution < 1.29 is 23.6 Å². The van der Waals surface area contributed by atoms with Crippen molar-refractivity contribution in [2.75, 3.05) is 6.54 Å². The number of thiophene rings is 1. The molecule has 1 saturated carbocycles. The first-order valence-electron chi connectivity index (χ1n) is 10.2. The number of furan rings is 1. The van der Waals surface area contributed by atoms with Gasteiger partial charge in [0.2, 0.25) is 0 Å². The highest BCUT2D eigenvalue weighted by molar-refractivity contribution is 7.10. The summed E-state index contributed by atoms with van der Waals surface area (Å²) in [6.45, 7) is -0.524. The average molecular weight is 440 g/mol. The summed E-state index contributed by atoms with van der Waals surface area (Å²) in [5.74, 6) is -1.76. The second-order valence-corrected chi connectivity index (χ2v) is 8.76. The van der Waals surface area contributed by atoms with E-state index in [1.165, 1.54) is 22.6 Å². The van der Waals surface area contributed by atoms with E-state index in [4.69, 9.17) is 4.42 Å². The number of carbonyl (C=O) groups excluding carboxylic acids is 4. The first-order chi connectivity index (χ1) is 15.0. The molecule has 1 atom stereocenters. The van der Waals surface area contributed by atoms with Crippen molar-refractivity contribution in [3.8, 4) is 0 Å². The molecule has 0 aromatic carbocycles. The molecule has 0 bridgehead atoms. The number of imide groups is 2. The van der Waals surface area contributed by atoms with Crippen LogP contribution in [0.15, 0.2) is 45.4 Å². The van der Waals surface area contributed by atoms with E-state index in [-0.39, 0.29) is 12.1 Å². The van der Waals surface area contributed by atoms with Gasteiger partial charge in [-0.1, -0.05) is 18.9 Å². The Kier molecular flexibility index (Phi) is 4.93. The van der Waals surface area contributed by atoms with Gasteiger partial charge in [0.25, 0.3) is 5.91 Å². The zero-order chi connectivity index (χ0) is 21.5. The molecule has 5 amide bonds. The summed E-state index contributed by atoms with van der Waals surface area (Å²) in [6.07, 6.45) is 5.19. The summed E-state index contributed by atoms with van der Waals surface area (Å²) in [5.41, 5.74) is 0.611. The van der Waals surface area contributed by atoms with Crippen LogP contribution in [0, 0.1) is 0 Å². The van der Waals surface area contributed by atoms with Gasteiger partial charge in [0.05, 0.1) is 12.3 Å². The van der Waals surface area contributed by atoms with E-state index in [0.29, 0.717) is 30.7 Å². The van der Waals surface area contributed by atoms with Gasteiger partial charge in [0.1, 0.15) is 18.0 Å². The molecule has 2 aliphatic heterocycles. The minimum Gasteiger partial charge on any atom is -0.463 e. The standard InChI is InChI=1S/C21H20N4O5S/c26-18(12-23-19(27)20(28)24(21(23)29)13-5-1-2-6-13)25-15(17-8-4-10-31-17)11-14(22-25)16-7-3-9-30-16/h3-4,7-10,13,15H,1-2,5-6,11-12H2. The topological polar surface area (TPSA) is 104 Å². The number of nitrogens with zero attached hydrogens (tertiary/aromatic N) is 4. The van der Waals surface area contributed by atoms with E-state index >= 15 is 0 Å². The van der Waals surface area contributed by atoms with Crippen molar-refractivity contribution in [1.29, 1.82) is 0 Å². The Morgan fingerprint density at radius 3 is 2.61 bits per heavy atom. The number of amides is 5. The molecule has 2 aromatic heterocycles. The van der Waals surface area contributed by atoms with Crippen LogP contribution in [0.5, 0.6) is 0 Å². The Balaban J connectivity index is 1.38. The number of hydrogen-bond donors (Lipinski definition) is 0. The lowest BCUT2D eigenvalue weighted by Gasteiger charge is -2.24. The van der Waals surface area contributed by atoms with Crippen molar-refractivity contribution in [1.82, 2.24) is 14.8 Å². The van der Waals surface area contributed by atoms with Crippen LogP contribution in [-0.4, -0.2) is 56.9 Å². The highest BCUT2D eigenvalue weighted by Gasteiger charge is 2.49. The molecular formula is C21H20N4O5S. The summed E-state index contributed by atoms with van der Waals surface area (Å²) in [5, 5.41) is 7.65. The van der Waals surface area contributed by atoms with Crippen LogP contribution < -0.4 is 0 Å². The van der Waals surface area contributed by atoms with E-state index < -0.39 is 30.3 Å². The second kappa shape index (κ2) is 7.77. The van der Waals surface area contributed by atoms with Crippen LogP contribution in [0.2, 0.25) is 0 Å². The van der Waals surface area contributed by atoms with Gasteiger partial charge in [0.15, 0.2) is 0 Å². The van der Waals surface area contributed by atoms with Crippen LogP contribution in [-0.2, 0) is 14.4 Å². The molecule has 5 rings (SSSR count). The lowest BCUT2D eigenvalue weighted by Crippen LogP contribution is -2.43. The average Bonchev–Trinajstić information content (AvgIpc) is 3.57. The van der Waals surface area contributed by atoms with Gasteiger partial charge >= 0.3 is 17.8 Å². The minimum atomic E-state index is -0.952. The summed E-state index contributed by atoms with van der Waals surface area (Å²) in [6, 6.07) is 5.97. The maximum absolute atomic E-state index is 13.2. The molecule has 2 fully saturated rings. The van der Waals surface area contributed by atoms with Gasteiger partial charge in [-0.15, -0.1) is 11.3 Å². The normalized spacial score (nSPS) is 22.2. The Labute approximate surface area is 181 Å². The predicted octanol–water partition coefficient (Wildman–Crippen LogP) is 2.75. The van der Waals surface area contributed by atoms with Crippen molar-refractivity contribution >= 4 is 40.8 Å². The van der Waals surface area contributed by atoms with Gasteiger partial charge in [0, 0.05) is 17.3 Å². The smallest absolute Gasteiger partial charge is 0.334 e. The Bertz CT molecular complexity index is 1060. The monoisotopic (exact) mass is 440 g/mol. The summed E-state index contributed by atoms with van der Waals surface area (Å²) in [4.78, 5) is 53.6. The maximum Gasteiger partial charge on any atom is 0.334 e. The van der Waals surface area contributed by atoms with Gasteiger partial charge in [-0.25, -0.2) is 14.7 Å². The van der Waals surface area contributed by atoms with Crippen LogP contribution in [0.4, 0.5) is 4.79 Å². The van der Waals surface area contributed by atoms with Crippen LogP contribution in [0.1, 0.15) is 48.8 Å². The summed E-state index contributed by atoms with van der Waals surface area (Å²) in [7, 11) is 0. The third-order valence-electron chi connectivity index (χ3n) is 5.91. The fourth-order valence-corrected chi connectivity index (χ4v) is 5.20. The molecule has 160 valence electrons. The molecular weight excluding hydrogens is 420 g/mol. The molecule has 2 aromatic rings. The second-order valence-electron chi connectivity index (χ2n) is 7.78. The Morgan fingerprint density at radius 1 is 1.13 bits per heavy atom. The van der Waals surface area contributed by atoms with E-state index in [9.17, 15) is 19.2 Å². The molecule has 1 unspecified atom stereocenters. The molecule has 1 saturated heterocycles. The third kappa shape index (κ3) is 3.36. The third-order valence-corrected chi connectivity index (χ3v) is 6.88. The Hall–Kier alpha value is -3.27. The first kappa shape index (κ1) is 19.7. The maximum atomic E-state index is 13.2. The molecule has 0 spiro atoms. The fraction of sp³-hybridized carbons (Fsp3) is 0.381. The summed E-state index contributed by atoms with van der Waals surface area (Å²) >= 11 is 1.49. The lowest BCUT2D eigenvalue weighted by atomic mass is 10.1. The van der Waals surface area contributed by atoms with Crippen molar-refractivity contribution in [3.63, 3.8) is 0 Å². The highest BCUT2D eigenvalue weighted by Crippen LogP contribution is 2.35. The fourth-order valence-electron chi connectivity index (χ4n) is 4.39. The molecule has 3 aliphatic rings. The van der Waals surface area contributed by atoms with Crippen molar-refractivity contribution in [2.45, 2.75) is 44.2 Å².